The molecule has 0 fully saturated rings. The zero-order valence-electron chi connectivity index (χ0n) is 16.5. The number of hydrogen-bond donors (Lipinski definition) is 2. The van der Waals surface area contributed by atoms with Crippen LogP contribution in [-0.4, -0.2) is 44.2 Å². The van der Waals surface area contributed by atoms with Gasteiger partial charge in [0.15, 0.2) is 0 Å². The van der Waals surface area contributed by atoms with E-state index >= 15 is 0 Å². The molecule has 0 saturated heterocycles. The first-order valence-electron chi connectivity index (χ1n) is 9.13. The van der Waals surface area contributed by atoms with E-state index in [4.69, 9.17) is 0 Å². The fraction of sp³-hybridized carbons (Fsp3) is 0.300. The van der Waals surface area contributed by atoms with Crippen LogP contribution in [0.3, 0.4) is 0 Å². The van der Waals surface area contributed by atoms with Gasteiger partial charge in [-0.05, 0) is 42.8 Å². The Hall–Kier alpha value is -2.23. The van der Waals surface area contributed by atoms with Gasteiger partial charge in [-0.1, -0.05) is 41.9 Å². The van der Waals surface area contributed by atoms with E-state index in [0.717, 1.165) is 4.47 Å². The number of nitrogens with one attached hydrogen (secondary N) is 2. The Kier molecular flexibility index (Phi) is 7.95. The van der Waals surface area contributed by atoms with Crippen LogP contribution in [-0.2, 0) is 14.8 Å². The summed E-state index contributed by atoms with van der Waals surface area (Å²) in [6.45, 7) is 5.73. The summed E-state index contributed by atoms with van der Waals surface area (Å²) in [7, 11) is -3.65. The van der Waals surface area contributed by atoms with Gasteiger partial charge in [-0.3, -0.25) is 9.59 Å². The standard InChI is InChI=1S/C20H24BrN3O4S/c1-4-24(5-2)29(27,28)18-12-17(10-9-14(18)3)23-19(25)13-22-20(26)15-7-6-8-16(21)11-15/h6-12H,4-5,13H2,1-3H3,(H,22,26)(H,23,25). The van der Waals surface area contributed by atoms with E-state index in [1.54, 1.807) is 57.2 Å². The van der Waals surface area contributed by atoms with Crippen molar-refractivity contribution in [2.24, 2.45) is 0 Å². The van der Waals surface area contributed by atoms with Crippen molar-refractivity contribution in [1.29, 1.82) is 0 Å². The minimum atomic E-state index is -3.65. The Morgan fingerprint density at radius 1 is 1.07 bits per heavy atom. The summed E-state index contributed by atoms with van der Waals surface area (Å²) in [6, 6.07) is 11.5. The molecular weight excluding hydrogens is 458 g/mol. The average molecular weight is 482 g/mol. The molecule has 9 heteroatoms. The second kappa shape index (κ2) is 10.00. The van der Waals surface area contributed by atoms with Crippen LogP contribution in [0, 0.1) is 6.92 Å². The summed E-state index contributed by atoms with van der Waals surface area (Å²) in [5.41, 5.74) is 1.37. The predicted molar refractivity (Wildman–Crippen MR) is 116 cm³/mol. The lowest BCUT2D eigenvalue weighted by Gasteiger charge is -2.20. The molecule has 0 aliphatic heterocycles. The van der Waals surface area contributed by atoms with Crippen molar-refractivity contribution in [2.75, 3.05) is 25.0 Å². The number of hydrogen-bond acceptors (Lipinski definition) is 4. The molecule has 0 aliphatic carbocycles. The molecule has 0 aliphatic rings. The molecule has 0 aromatic heterocycles. The van der Waals surface area contributed by atoms with Crippen molar-refractivity contribution >= 4 is 43.5 Å². The summed E-state index contributed by atoms with van der Waals surface area (Å²) >= 11 is 3.29. The number of carbonyl (C=O) groups excluding carboxylic acids is 2. The molecule has 156 valence electrons. The first-order chi connectivity index (χ1) is 13.7. The van der Waals surface area contributed by atoms with E-state index < -0.39 is 15.9 Å². The van der Waals surface area contributed by atoms with Gasteiger partial charge in [0.25, 0.3) is 5.91 Å². The summed E-state index contributed by atoms with van der Waals surface area (Å²) in [5.74, 6) is -0.835. The molecule has 2 N–H and O–H groups in total. The minimum absolute atomic E-state index is 0.150. The fourth-order valence-corrected chi connectivity index (χ4v) is 4.86. The number of sulfonamides is 1. The van der Waals surface area contributed by atoms with E-state index in [-0.39, 0.29) is 17.3 Å². The summed E-state index contributed by atoms with van der Waals surface area (Å²) < 4.78 is 27.7. The molecule has 0 heterocycles. The Morgan fingerprint density at radius 2 is 1.76 bits per heavy atom. The number of amides is 2. The summed E-state index contributed by atoms with van der Waals surface area (Å²) in [4.78, 5) is 24.5. The zero-order valence-corrected chi connectivity index (χ0v) is 18.9. The molecule has 0 unspecified atom stereocenters. The van der Waals surface area contributed by atoms with Crippen LogP contribution in [0.2, 0.25) is 0 Å². The smallest absolute Gasteiger partial charge is 0.251 e. The largest absolute Gasteiger partial charge is 0.343 e. The van der Waals surface area contributed by atoms with Gasteiger partial charge in [0.1, 0.15) is 0 Å². The highest BCUT2D eigenvalue weighted by Crippen LogP contribution is 2.23. The summed E-state index contributed by atoms with van der Waals surface area (Å²) in [5, 5.41) is 5.17. The molecule has 2 aromatic carbocycles. The van der Waals surface area contributed by atoms with E-state index in [2.05, 4.69) is 26.6 Å². The first-order valence-corrected chi connectivity index (χ1v) is 11.4. The van der Waals surface area contributed by atoms with Gasteiger partial charge in [0, 0.05) is 28.8 Å². The molecule has 0 spiro atoms. The van der Waals surface area contributed by atoms with Crippen molar-refractivity contribution in [3.05, 3.63) is 58.1 Å². The number of rotatable bonds is 8. The topological polar surface area (TPSA) is 95.6 Å². The highest BCUT2D eigenvalue weighted by molar-refractivity contribution is 9.10. The first kappa shape index (κ1) is 23.1. The number of benzene rings is 2. The van der Waals surface area contributed by atoms with Crippen molar-refractivity contribution < 1.29 is 18.0 Å². The van der Waals surface area contributed by atoms with Crippen LogP contribution >= 0.6 is 15.9 Å². The highest BCUT2D eigenvalue weighted by atomic mass is 79.9. The van der Waals surface area contributed by atoms with E-state index in [1.165, 1.54) is 10.4 Å². The van der Waals surface area contributed by atoms with Crippen molar-refractivity contribution in [3.63, 3.8) is 0 Å². The lowest BCUT2D eigenvalue weighted by atomic mass is 10.2. The van der Waals surface area contributed by atoms with Gasteiger partial charge >= 0.3 is 0 Å². The third-order valence-corrected chi connectivity index (χ3v) is 6.98. The van der Waals surface area contributed by atoms with Gasteiger partial charge in [0.05, 0.1) is 11.4 Å². The summed E-state index contributed by atoms with van der Waals surface area (Å²) in [6.07, 6.45) is 0. The normalized spacial score (nSPS) is 11.3. The molecule has 0 bridgehead atoms. The fourth-order valence-electron chi connectivity index (χ4n) is 2.76. The van der Waals surface area contributed by atoms with Crippen LogP contribution in [0.1, 0.15) is 29.8 Å². The molecule has 7 nitrogen and oxygen atoms in total. The third kappa shape index (κ3) is 5.88. The quantitative estimate of drug-likeness (QED) is 0.605. The van der Waals surface area contributed by atoms with Gasteiger partial charge in [-0.15, -0.1) is 0 Å². The number of carbonyl (C=O) groups is 2. The number of nitrogens with zero attached hydrogens (tertiary/aromatic N) is 1. The number of aryl methyl sites for hydroxylation is 1. The zero-order chi connectivity index (χ0) is 21.6. The molecule has 2 amide bonds. The number of anilines is 1. The molecule has 2 aromatic rings. The molecule has 29 heavy (non-hydrogen) atoms. The molecular formula is C20H24BrN3O4S. The van der Waals surface area contributed by atoms with Crippen LogP contribution in [0.15, 0.2) is 51.8 Å². The maximum absolute atomic E-state index is 12.8. The monoisotopic (exact) mass is 481 g/mol. The van der Waals surface area contributed by atoms with E-state index in [0.29, 0.717) is 29.9 Å². The van der Waals surface area contributed by atoms with Crippen molar-refractivity contribution in [2.45, 2.75) is 25.7 Å². The van der Waals surface area contributed by atoms with Crippen molar-refractivity contribution in [3.8, 4) is 0 Å². The maximum Gasteiger partial charge on any atom is 0.251 e. The minimum Gasteiger partial charge on any atom is -0.343 e. The van der Waals surface area contributed by atoms with Gasteiger partial charge in [0.2, 0.25) is 15.9 Å². The average Bonchev–Trinajstić information content (AvgIpc) is 2.68. The second-order valence-electron chi connectivity index (χ2n) is 6.31. The third-order valence-electron chi connectivity index (χ3n) is 4.29. The Morgan fingerprint density at radius 3 is 2.38 bits per heavy atom. The molecule has 0 saturated carbocycles. The SMILES string of the molecule is CCN(CC)S(=O)(=O)c1cc(NC(=O)CNC(=O)c2cccc(Br)c2)ccc1C. The van der Waals surface area contributed by atoms with Crippen molar-refractivity contribution in [1.82, 2.24) is 9.62 Å². The Bertz CT molecular complexity index is 1000. The van der Waals surface area contributed by atoms with Crippen LogP contribution in [0.25, 0.3) is 0 Å². The Balaban J connectivity index is 2.08. The van der Waals surface area contributed by atoms with E-state index in [1.807, 2.05) is 0 Å². The Labute approximate surface area is 179 Å². The van der Waals surface area contributed by atoms with Gasteiger partial charge < -0.3 is 10.6 Å². The number of halogens is 1. The lowest BCUT2D eigenvalue weighted by molar-refractivity contribution is -0.115. The molecule has 0 atom stereocenters. The van der Waals surface area contributed by atoms with Gasteiger partial charge in [-0.2, -0.15) is 4.31 Å². The molecule has 2 rings (SSSR count). The maximum atomic E-state index is 12.8. The lowest BCUT2D eigenvalue weighted by Crippen LogP contribution is -2.33. The van der Waals surface area contributed by atoms with Crippen LogP contribution in [0.5, 0.6) is 0 Å². The molecule has 0 radical (unpaired) electrons. The van der Waals surface area contributed by atoms with Gasteiger partial charge in [-0.25, -0.2) is 8.42 Å². The van der Waals surface area contributed by atoms with Crippen LogP contribution in [0.4, 0.5) is 5.69 Å². The van der Waals surface area contributed by atoms with Crippen LogP contribution < -0.4 is 10.6 Å². The predicted octanol–water partition coefficient (Wildman–Crippen LogP) is 3.16. The second-order valence-corrected chi connectivity index (χ2v) is 9.13. The highest BCUT2D eigenvalue weighted by Gasteiger charge is 2.24. The van der Waals surface area contributed by atoms with E-state index in [9.17, 15) is 18.0 Å².